The fourth-order valence-corrected chi connectivity index (χ4v) is 4.56. The summed E-state index contributed by atoms with van der Waals surface area (Å²) in [4.78, 5) is 21.2. The van der Waals surface area contributed by atoms with E-state index < -0.39 is 11.8 Å². The summed E-state index contributed by atoms with van der Waals surface area (Å²) in [6.45, 7) is 4.27. The number of rotatable bonds is 5. The van der Waals surface area contributed by atoms with Gasteiger partial charge in [0.1, 0.15) is 6.10 Å². The standard InChI is InChI=1S/C20H25N5O5/c1-2-25-18-15(11-22-25)17(23-12-3-5-28-6-4-12)14(10-21-18)16-9-20(30-24-16)7-13(8-20)29-19(26)27/h10-13H,2-9H2,1H3,(H,21,23)(H,26,27). The van der Waals surface area contributed by atoms with Crippen molar-refractivity contribution in [3.8, 4) is 0 Å². The summed E-state index contributed by atoms with van der Waals surface area (Å²) in [5, 5.41) is 22.3. The molecule has 0 aromatic carbocycles. The summed E-state index contributed by atoms with van der Waals surface area (Å²) in [5.74, 6) is 0. The summed E-state index contributed by atoms with van der Waals surface area (Å²) < 4.78 is 12.2. The first-order valence-corrected chi connectivity index (χ1v) is 10.4. The second-order valence-electron chi connectivity index (χ2n) is 8.18. The lowest BCUT2D eigenvalue weighted by atomic mass is 9.74. The first kappa shape index (κ1) is 19.1. The molecule has 10 nitrogen and oxygen atoms in total. The lowest BCUT2D eigenvalue weighted by molar-refractivity contribution is -0.143. The van der Waals surface area contributed by atoms with Crippen LogP contribution in [0, 0.1) is 0 Å². The Morgan fingerprint density at radius 3 is 2.90 bits per heavy atom. The van der Waals surface area contributed by atoms with Crippen LogP contribution in [-0.2, 0) is 20.9 Å². The molecule has 0 amide bonds. The normalized spacial score (nSPS) is 26.3. The molecule has 160 valence electrons. The van der Waals surface area contributed by atoms with Crippen LogP contribution in [0.25, 0.3) is 11.0 Å². The van der Waals surface area contributed by atoms with Gasteiger partial charge in [-0.25, -0.2) is 14.5 Å². The van der Waals surface area contributed by atoms with E-state index >= 15 is 0 Å². The fourth-order valence-electron chi connectivity index (χ4n) is 4.56. The molecule has 1 saturated carbocycles. The topological polar surface area (TPSA) is 120 Å². The van der Waals surface area contributed by atoms with Crippen LogP contribution < -0.4 is 5.32 Å². The molecule has 5 rings (SSSR count). The molecule has 2 fully saturated rings. The highest BCUT2D eigenvalue weighted by Gasteiger charge is 2.53. The summed E-state index contributed by atoms with van der Waals surface area (Å²) >= 11 is 0. The molecule has 2 aliphatic heterocycles. The van der Waals surface area contributed by atoms with E-state index in [0.29, 0.717) is 25.3 Å². The van der Waals surface area contributed by atoms with Crippen molar-refractivity contribution in [2.24, 2.45) is 5.16 Å². The molecule has 2 aromatic heterocycles. The Bertz CT molecular complexity index is 991. The van der Waals surface area contributed by atoms with Crippen LogP contribution in [0.5, 0.6) is 0 Å². The molecule has 3 aliphatic rings. The van der Waals surface area contributed by atoms with Crippen LogP contribution in [0.2, 0.25) is 0 Å². The smallest absolute Gasteiger partial charge is 0.450 e. The quantitative estimate of drug-likeness (QED) is 0.715. The van der Waals surface area contributed by atoms with E-state index in [0.717, 1.165) is 60.6 Å². The van der Waals surface area contributed by atoms with Gasteiger partial charge in [0.05, 0.1) is 23.0 Å². The summed E-state index contributed by atoms with van der Waals surface area (Å²) in [6.07, 6.45) is 5.60. The highest BCUT2D eigenvalue weighted by atomic mass is 16.7. The molecule has 0 radical (unpaired) electrons. The average Bonchev–Trinajstić information content (AvgIpc) is 3.33. The molecular weight excluding hydrogens is 390 g/mol. The van der Waals surface area contributed by atoms with Crippen molar-refractivity contribution in [1.82, 2.24) is 14.8 Å². The number of aryl methyl sites for hydroxylation is 1. The number of hydrogen-bond acceptors (Lipinski definition) is 8. The molecule has 0 bridgehead atoms. The van der Waals surface area contributed by atoms with Crippen LogP contribution in [0.3, 0.4) is 0 Å². The minimum atomic E-state index is -1.25. The third-order valence-electron chi connectivity index (χ3n) is 6.15. The lowest BCUT2D eigenvalue weighted by Gasteiger charge is -2.40. The number of carboxylic acid groups (broad SMARTS) is 1. The molecule has 0 unspecified atom stereocenters. The first-order valence-electron chi connectivity index (χ1n) is 10.4. The monoisotopic (exact) mass is 415 g/mol. The zero-order valence-electron chi connectivity index (χ0n) is 16.8. The third-order valence-corrected chi connectivity index (χ3v) is 6.15. The molecule has 2 N–H and O–H groups in total. The highest BCUT2D eigenvalue weighted by molar-refractivity contribution is 6.10. The number of fused-ring (bicyclic) bond motifs is 1. The zero-order chi connectivity index (χ0) is 20.7. The van der Waals surface area contributed by atoms with Crippen molar-refractivity contribution in [2.75, 3.05) is 18.5 Å². The van der Waals surface area contributed by atoms with Crippen LogP contribution in [0.4, 0.5) is 10.5 Å². The van der Waals surface area contributed by atoms with Crippen molar-refractivity contribution in [1.29, 1.82) is 0 Å². The van der Waals surface area contributed by atoms with E-state index in [1.807, 2.05) is 24.0 Å². The van der Waals surface area contributed by atoms with Gasteiger partial charge in [-0.1, -0.05) is 5.16 Å². The predicted molar refractivity (Wildman–Crippen MR) is 108 cm³/mol. The minimum absolute atomic E-state index is 0.307. The van der Waals surface area contributed by atoms with Crippen molar-refractivity contribution < 1.29 is 24.2 Å². The third kappa shape index (κ3) is 3.34. The maximum absolute atomic E-state index is 10.8. The molecule has 1 saturated heterocycles. The van der Waals surface area contributed by atoms with Crippen molar-refractivity contribution in [3.05, 3.63) is 18.0 Å². The van der Waals surface area contributed by atoms with Gasteiger partial charge in [-0.15, -0.1) is 0 Å². The van der Waals surface area contributed by atoms with Gasteiger partial charge in [0.15, 0.2) is 11.2 Å². The van der Waals surface area contributed by atoms with Crippen molar-refractivity contribution >= 4 is 28.6 Å². The Morgan fingerprint density at radius 2 is 2.17 bits per heavy atom. The minimum Gasteiger partial charge on any atom is -0.450 e. The summed E-state index contributed by atoms with van der Waals surface area (Å²) in [7, 11) is 0. The number of aromatic nitrogens is 3. The summed E-state index contributed by atoms with van der Waals surface area (Å²) in [5.41, 5.74) is 3.06. The summed E-state index contributed by atoms with van der Waals surface area (Å²) in [6, 6.07) is 0.307. The number of ether oxygens (including phenoxy) is 2. The fraction of sp³-hybridized carbons (Fsp3) is 0.600. The molecule has 0 atom stereocenters. The van der Waals surface area contributed by atoms with Gasteiger partial charge in [-0.3, -0.25) is 0 Å². The lowest BCUT2D eigenvalue weighted by Crippen LogP contribution is -2.49. The van der Waals surface area contributed by atoms with Gasteiger partial charge in [-0.2, -0.15) is 5.10 Å². The molecule has 1 aliphatic carbocycles. The largest absolute Gasteiger partial charge is 0.506 e. The molecule has 10 heteroatoms. The van der Waals surface area contributed by atoms with Crippen molar-refractivity contribution in [3.63, 3.8) is 0 Å². The molecular formula is C20H25N5O5. The maximum atomic E-state index is 10.8. The van der Waals surface area contributed by atoms with E-state index in [1.54, 1.807) is 0 Å². The molecule has 4 heterocycles. The second kappa shape index (κ2) is 7.42. The SMILES string of the molecule is CCn1ncc2c(NC3CCOCC3)c(C3=NOC4(C3)CC(OC(=O)O)C4)cnc21. The van der Waals surface area contributed by atoms with E-state index in [-0.39, 0.29) is 6.10 Å². The van der Waals surface area contributed by atoms with Crippen LogP contribution in [0.15, 0.2) is 17.5 Å². The van der Waals surface area contributed by atoms with E-state index in [9.17, 15) is 4.79 Å². The van der Waals surface area contributed by atoms with Gasteiger partial charge < -0.3 is 24.7 Å². The van der Waals surface area contributed by atoms with E-state index in [4.69, 9.17) is 19.4 Å². The second-order valence-corrected chi connectivity index (χ2v) is 8.18. The first-order chi connectivity index (χ1) is 14.6. The van der Waals surface area contributed by atoms with Gasteiger partial charge in [0.2, 0.25) is 0 Å². The van der Waals surface area contributed by atoms with Gasteiger partial charge in [0, 0.05) is 56.8 Å². The Labute approximate surface area is 173 Å². The van der Waals surface area contributed by atoms with Crippen LogP contribution >= 0.6 is 0 Å². The average molecular weight is 415 g/mol. The highest BCUT2D eigenvalue weighted by Crippen LogP contribution is 2.46. The molecule has 30 heavy (non-hydrogen) atoms. The van der Waals surface area contributed by atoms with E-state index in [1.165, 1.54) is 0 Å². The molecule has 2 aromatic rings. The maximum Gasteiger partial charge on any atom is 0.506 e. The zero-order valence-corrected chi connectivity index (χ0v) is 16.8. The number of hydrogen-bond donors (Lipinski definition) is 2. The van der Waals surface area contributed by atoms with Gasteiger partial charge >= 0.3 is 6.16 Å². The molecule has 1 spiro atoms. The number of anilines is 1. The Kier molecular flexibility index (Phi) is 4.73. The number of pyridine rings is 1. The van der Waals surface area contributed by atoms with Gasteiger partial charge in [-0.05, 0) is 19.8 Å². The number of oxime groups is 1. The number of nitrogens with zero attached hydrogens (tertiary/aromatic N) is 4. The Balaban J connectivity index is 1.42. The predicted octanol–water partition coefficient (Wildman–Crippen LogP) is 2.76. The van der Waals surface area contributed by atoms with E-state index in [2.05, 4.69) is 20.6 Å². The Morgan fingerprint density at radius 1 is 1.37 bits per heavy atom. The van der Waals surface area contributed by atoms with Crippen LogP contribution in [-0.4, -0.2) is 62.7 Å². The Hall–Kier alpha value is -2.88. The van der Waals surface area contributed by atoms with Crippen molar-refractivity contribution in [2.45, 2.75) is 63.3 Å². The number of carbonyl (C=O) groups is 1. The van der Waals surface area contributed by atoms with Gasteiger partial charge in [0.25, 0.3) is 0 Å². The number of nitrogens with one attached hydrogen (secondary N) is 1. The van der Waals surface area contributed by atoms with Crippen LogP contribution in [0.1, 0.15) is 44.6 Å².